The van der Waals surface area contributed by atoms with Crippen LogP contribution in [0.1, 0.15) is 22.3 Å². The molecule has 0 radical (unpaired) electrons. The Hall–Kier alpha value is -2.40. The summed E-state index contributed by atoms with van der Waals surface area (Å²) < 4.78 is 0. The van der Waals surface area contributed by atoms with Gasteiger partial charge in [-0.15, -0.1) is 0 Å². The van der Waals surface area contributed by atoms with E-state index < -0.39 is 0 Å². The van der Waals surface area contributed by atoms with Crippen molar-refractivity contribution in [3.05, 3.63) is 53.9 Å². The lowest BCUT2D eigenvalue weighted by Gasteiger charge is -2.11. The van der Waals surface area contributed by atoms with Gasteiger partial charge >= 0.3 is 0 Å². The number of carbonyl (C=O) groups is 1. The molecule has 1 amide bonds. The monoisotopic (exact) mass is 312 g/mol. The van der Waals surface area contributed by atoms with Crippen LogP contribution in [0.15, 0.2) is 42.7 Å². The maximum atomic E-state index is 12.3. The molecule has 0 fully saturated rings. The Bertz CT molecular complexity index is 638. The van der Waals surface area contributed by atoms with E-state index in [9.17, 15) is 4.79 Å². The van der Waals surface area contributed by atoms with Crippen LogP contribution in [0.3, 0.4) is 0 Å². The number of pyridine rings is 1. The first kappa shape index (κ1) is 17.0. The Morgan fingerprint density at radius 2 is 1.87 bits per heavy atom. The van der Waals surface area contributed by atoms with Crippen molar-refractivity contribution in [3.63, 3.8) is 0 Å². The molecular weight excluding hydrogens is 288 g/mol. The highest BCUT2D eigenvalue weighted by Crippen LogP contribution is 2.13. The molecule has 2 N–H and O–H groups in total. The fraction of sp³-hybridized carbons (Fsp3) is 0.333. The normalized spacial score (nSPS) is 10.6. The standard InChI is InChI=1S/C18H24N4O/c1-14-5-7-16(8-6-14)21-18(23)15-11-17(13-19-12-15)20-9-4-10-22(2)3/h5-8,11-13,20H,4,9-10H2,1-3H3,(H,21,23). The van der Waals surface area contributed by atoms with Crippen molar-refractivity contribution in [1.82, 2.24) is 9.88 Å². The number of carbonyl (C=O) groups excluding carboxylic acids is 1. The lowest BCUT2D eigenvalue weighted by molar-refractivity contribution is 0.102. The molecule has 0 saturated heterocycles. The first-order valence-corrected chi connectivity index (χ1v) is 7.76. The Morgan fingerprint density at radius 1 is 1.13 bits per heavy atom. The molecule has 23 heavy (non-hydrogen) atoms. The van der Waals surface area contributed by atoms with Crippen molar-refractivity contribution in [3.8, 4) is 0 Å². The van der Waals surface area contributed by atoms with E-state index in [-0.39, 0.29) is 5.91 Å². The van der Waals surface area contributed by atoms with Gasteiger partial charge in [-0.1, -0.05) is 17.7 Å². The molecule has 0 saturated carbocycles. The SMILES string of the molecule is Cc1ccc(NC(=O)c2cncc(NCCCN(C)C)c2)cc1. The average molecular weight is 312 g/mol. The van der Waals surface area contributed by atoms with Gasteiger partial charge in [0.1, 0.15) is 0 Å². The zero-order chi connectivity index (χ0) is 16.7. The quantitative estimate of drug-likeness (QED) is 0.772. The van der Waals surface area contributed by atoms with Gasteiger partial charge in [-0.25, -0.2) is 0 Å². The third kappa shape index (κ3) is 5.71. The van der Waals surface area contributed by atoms with E-state index in [1.165, 1.54) is 0 Å². The van der Waals surface area contributed by atoms with Crippen LogP contribution in [0.25, 0.3) is 0 Å². The number of aryl methyl sites for hydroxylation is 1. The summed E-state index contributed by atoms with van der Waals surface area (Å²) in [5.41, 5.74) is 3.35. The van der Waals surface area contributed by atoms with Crippen LogP contribution >= 0.6 is 0 Å². The van der Waals surface area contributed by atoms with Gasteiger partial charge in [0.15, 0.2) is 0 Å². The van der Waals surface area contributed by atoms with E-state index in [1.807, 2.05) is 37.3 Å². The summed E-state index contributed by atoms with van der Waals surface area (Å²) in [4.78, 5) is 18.6. The molecule has 0 bridgehead atoms. The van der Waals surface area contributed by atoms with E-state index in [1.54, 1.807) is 12.4 Å². The number of hydrogen-bond donors (Lipinski definition) is 2. The highest BCUT2D eigenvalue weighted by atomic mass is 16.1. The minimum absolute atomic E-state index is 0.154. The number of amides is 1. The summed E-state index contributed by atoms with van der Waals surface area (Å²) in [6.07, 6.45) is 4.35. The van der Waals surface area contributed by atoms with E-state index in [2.05, 4.69) is 34.6 Å². The molecule has 0 unspecified atom stereocenters. The van der Waals surface area contributed by atoms with Gasteiger partial charge in [-0.2, -0.15) is 0 Å². The first-order chi connectivity index (χ1) is 11.0. The first-order valence-electron chi connectivity index (χ1n) is 7.76. The molecule has 0 aliphatic heterocycles. The Morgan fingerprint density at radius 3 is 2.57 bits per heavy atom. The molecule has 0 aliphatic rings. The van der Waals surface area contributed by atoms with Gasteiger partial charge in [0, 0.05) is 24.6 Å². The molecule has 122 valence electrons. The summed E-state index contributed by atoms with van der Waals surface area (Å²) in [5.74, 6) is -0.154. The lowest BCUT2D eigenvalue weighted by atomic mass is 10.2. The summed E-state index contributed by atoms with van der Waals surface area (Å²) in [7, 11) is 4.11. The van der Waals surface area contributed by atoms with Crippen molar-refractivity contribution in [1.29, 1.82) is 0 Å². The van der Waals surface area contributed by atoms with Crippen molar-refractivity contribution < 1.29 is 4.79 Å². The zero-order valence-corrected chi connectivity index (χ0v) is 14.0. The maximum absolute atomic E-state index is 12.3. The number of benzene rings is 1. The molecule has 5 nitrogen and oxygen atoms in total. The van der Waals surface area contributed by atoms with Crippen LogP contribution in [0.2, 0.25) is 0 Å². The molecule has 2 aromatic rings. The third-order valence-electron chi connectivity index (χ3n) is 3.42. The van der Waals surface area contributed by atoms with E-state index in [0.29, 0.717) is 5.56 Å². The van der Waals surface area contributed by atoms with Gasteiger partial charge in [0.2, 0.25) is 0 Å². The lowest BCUT2D eigenvalue weighted by Crippen LogP contribution is -2.17. The van der Waals surface area contributed by atoms with Crippen LogP contribution in [0.5, 0.6) is 0 Å². The second-order valence-corrected chi connectivity index (χ2v) is 5.87. The summed E-state index contributed by atoms with van der Waals surface area (Å²) in [5, 5.41) is 6.18. The van der Waals surface area contributed by atoms with Gasteiger partial charge < -0.3 is 15.5 Å². The Balaban J connectivity index is 1.92. The van der Waals surface area contributed by atoms with Gasteiger partial charge in [0.25, 0.3) is 5.91 Å². The fourth-order valence-electron chi connectivity index (χ4n) is 2.13. The molecule has 1 aromatic heterocycles. The zero-order valence-electron chi connectivity index (χ0n) is 14.0. The van der Waals surface area contributed by atoms with Crippen LogP contribution in [-0.2, 0) is 0 Å². The summed E-state index contributed by atoms with van der Waals surface area (Å²) in [6.45, 7) is 3.89. The Labute approximate surface area is 137 Å². The van der Waals surface area contributed by atoms with Gasteiger partial charge in [-0.3, -0.25) is 9.78 Å². The van der Waals surface area contributed by atoms with Crippen molar-refractivity contribution in [2.24, 2.45) is 0 Å². The number of nitrogens with zero attached hydrogens (tertiary/aromatic N) is 2. The molecule has 2 rings (SSSR count). The number of aromatic nitrogens is 1. The number of anilines is 2. The molecule has 0 aliphatic carbocycles. The molecule has 0 spiro atoms. The average Bonchev–Trinajstić information content (AvgIpc) is 2.54. The van der Waals surface area contributed by atoms with Crippen molar-refractivity contribution >= 4 is 17.3 Å². The molecule has 5 heteroatoms. The minimum atomic E-state index is -0.154. The highest BCUT2D eigenvalue weighted by Gasteiger charge is 2.07. The predicted molar refractivity (Wildman–Crippen MR) is 95.0 cm³/mol. The molecular formula is C18H24N4O. The number of nitrogens with one attached hydrogen (secondary N) is 2. The topological polar surface area (TPSA) is 57.3 Å². The number of hydrogen-bond acceptors (Lipinski definition) is 4. The Kier molecular flexibility index (Phi) is 6.11. The van der Waals surface area contributed by atoms with Crippen LogP contribution in [-0.4, -0.2) is 43.0 Å². The highest BCUT2D eigenvalue weighted by molar-refractivity contribution is 6.04. The van der Waals surface area contributed by atoms with Crippen LogP contribution in [0.4, 0.5) is 11.4 Å². The fourth-order valence-corrected chi connectivity index (χ4v) is 2.13. The van der Waals surface area contributed by atoms with E-state index >= 15 is 0 Å². The van der Waals surface area contributed by atoms with E-state index in [0.717, 1.165) is 36.4 Å². The second-order valence-electron chi connectivity index (χ2n) is 5.87. The maximum Gasteiger partial charge on any atom is 0.257 e. The predicted octanol–water partition coefficient (Wildman–Crippen LogP) is 3.01. The van der Waals surface area contributed by atoms with Gasteiger partial charge in [-0.05, 0) is 52.2 Å². The summed E-state index contributed by atoms with van der Waals surface area (Å²) in [6, 6.07) is 9.55. The third-order valence-corrected chi connectivity index (χ3v) is 3.42. The molecule has 1 heterocycles. The summed E-state index contributed by atoms with van der Waals surface area (Å²) >= 11 is 0. The van der Waals surface area contributed by atoms with Crippen molar-refractivity contribution in [2.45, 2.75) is 13.3 Å². The number of rotatable bonds is 7. The van der Waals surface area contributed by atoms with Gasteiger partial charge in [0.05, 0.1) is 11.3 Å². The van der Waals surface area contributed by atoms with Crippen LogP contribution < -0.4 is 10.6 Å². The van der Waals surface area contributed by atoms with E-state index in [4.69, 9.17) is 0 Å². The molecule has 1 aromatic carbocycles. The second kappa shape index (κ2) is 8.29. The largest absolute Gasteiger partial charge is 0.384 e. The minimum Gasteiger partial charge on any atom is -0.384 e. The van der Waals surface area contributed by atoms with Crippen LogP contribution in [0, 0.1) is 6.92 Å². The van der Waals surface area contributed by atoms with Crippen molar-refractivity contribution in [2.75, 3.05) is 37.8 Å². The molecule has 0 atom stereocenters. The smallest absolute Gasteiger partial charge is 0.257 e.